The minimum absolute atomic E-state index is 0.0411. The Hall–Kier alpha value is -1.27. The van der Waals surface area contributed by atoms with Crippen molar-refractivity contribution in [3.63, 3.8) is 0 Å². The normalized spacial score (nSPS) is 28.4. The summed E-state index contributed by atoms with van der Waals surface area (Å²) in [5, 5.41) is 9.27. The van der Waals surface area contributed by atoms with Crippen LogP contribution in [0.4, 0.5) is 13.2 Å². The van der Waals surface area contributed by atoms with Gasteiger partial charge in [0.1, 0.15) is 0 Å². The minimum Gasteiger partial charge on any atom is -0.481 e. The largest absolute Gasteiger partial charge is 0.481 e. The molecule has 1 saturated heterocycles. The average Bonchev–Trinajstić information content (AvgIpc) is 2.45. The van der Waals surface area contributed by atoms with Crippen molar-refractivity contribution >= 4 is 11.9 Å². The first kappa shape index (κ1) is 16.1. The van der Waals surface area contributed by atoms with Gasteiger partial charge in [-0.2, -0.15) is 13.2 Å². The second-order valence-corrected chi connectivity index (χ2v) is 6.02. The molecule has 0 spiro atoms. The molecule has 1 heterocycles. The summed E-state index contributed by atoms with van der Waals surface area (Å²) in [5.41, 5.74) is 0. The standard InChI is InChI=1S/C14H20F3NO3/c15-14(16,17)13(21)18-7-5-9(6-8-18)10-3-1-2-4-11(10)12(19)20/h9-11H,1-8H2,(H,19,20). The topological polar surface area (TPSA) is 57.6 Å². The molecule has 1 saturated carbocycles. The smallest absolute Gasteiger partial charge is 0.471 e. The van der Waals surface area contributed by atoms with Crippen molar-refractivity contribution < 1.29 is 27.9 Å². The third-order valence-corrected chi connectivity index (χ3v) is 4.81. The predicted molar refractivity (Wildman–Crippen MR) is 68.4 cm³/mol. The Morgan fingerprint density at radius 1 is 1.00 bits per heavy atom. The van der Waals surface area contributed by atoms with Crippen molar-refractivity contribution in [2.24, 2.45) is 17.8 Å². The summed E-state index contributed by atoms with van der Waals surface area (Å²) in [4.78, 5) is 23.3. The van der Waals surface area contributed by atoms with Crippen LogP contribution in [0.1, 0.15) is 38.5 Å². The van der Waals surface area contributed by atoms with Crippen LogP contribution in [0.15, 0.2) is 0 Å². The lowest BCUT2D eigenvalue weighted by atomic mass is 9.69. The number of aliphatic carboxylic acids is 1. The Labute approximate surface area is 121 Å². The molecule has 120 valence electrons. The first-order valence-corrected chi connectivity index (χ1v) is 7.39. The maximum atomic E-state index is 12.4. The van der Waals surface area contributed by atoms with Crippen molar-refractivity contribution in [1.82, 2.24) is 4.90 Å². The van der Waals surface area contributed by atoms with Crippen molar-refractivity contribution in [2.45, 2.75) is 44.7 Å². The van der Waals surface area contributed by atoms with Gasteiger partial charge < -0.3 is 10.0 Å². The molecule has 2 aliphatic rings. The summed E-state index contributed by atoms with van der Waals surface area (Å²) in [5.74, 6) is -2.80. The molecular weight excluding hydrogens is 287 g/mol. The van der Waals surface area contributed by atoms with Crippen LogP contribution in [0.5, 0.6) is 0 Å². The lowest BCUT2D eigenvalue weighted by molar-refractivity contribution is -0.187. The van der Waals surface area contributed by atoms with Crippen LogP contribution in [-0.4, -0.2) is 41.1 Å². The Bertz CT molecular complexity index is 403. The Morgan fingerprint density at radius 3 is 2.10 bits per heavy atom. The fourth-order valence-corrected chi connectivity index (χ4v) is 3.74. The number of halogens is 3. The predicted octanol–water partition coefficient (Wildman–Crippen LogP) is 2.68. The van der Waals surface area contributed by atoms with Crippen LogP contribution < -0.4 is 0 Å². The third kappa shape index (κ3) is 3.68. The van der Waals surface area contributed by atoms with Gasteiger partial charge >= 0.3 is 18.1 Å². The number of rotatable bonds is 2. The first-order chi connectivity index (χ1) is 9.80. The van der Waals surface area contributed by atoms with Gasteiger partial charge in [-0.05, 0) is 37.5 Å². The van der Waals surface area contributed by atoms with Crippen molar-refractivity contribution in [3.8, 4) is 0 Å². The molecule has 21 heavy (non-hydrogen) atoms. The Kier molecular flexibility index (Phi) is 4.78. The zero-order valence-electron chi connectivity index (χ0n) is 11.7. The van der Waals surface area contributed by atoms with E-state index in [9.17, 15) is 27.9 Å². The maximum absolute atomic E-state index is 12.4. The number of carboxylic acids is 1. The number of nitrogens with zero attached hydrogens (tertiary/aromatic N) is 1. The van der Waals surface area contributed by atoms with E-state index in [0.717, 1.165) is 24.2 Å². The number of carbonyl (C=O) groups is 2. The summed E-state index contributed by atoms with van der Waals surface area (Å²) < 4.78 is 37.2. The summed E-state index contributed by atoms with van der Waals surface area (Å²) >= 11 is 0. The molecular formula is C14H20F3NO3. The minimum atomic E-state index is -4.82. The number of amides is 1. The van der Waals surface area contributed by atoms with Gasteiger partial charge in [0.05, 0.1) is 5.92 Å². The molecule has 0 aromatic rings. The number of likely N-dealkylation sites (tertiary alicyclic amines) is 1. The van der Waals surface area contributed by atoms with Crippen LogP contribution in [-0.2, 0) is 9.59 Å². The fraction of sp³-hybridized carbons (Fsp3) is 0.857. The van der Waals surface area contributed by atoms with Crippen LogP contribution >= 0.6 is 0 Å². The number of hydrogen-bond acceptors (Lipinski definition) is 2. The molecule has 2 fully saturated rings. The molecule has 1 aliphatic heterocycles. The molecule has 4 nitrogen and oxygen atoms in total. The van der Waals surface area contributed by atoms with Crippen molar-refractivity contribution in [3.05, 3.63) is 0 Å². The number of carbonyl (C=O) groups excluding carboxylic acids is 1. The van der Waals surface area contributed by atoms with Crippen LogP contribution in [0.2, 0.25) is 0 Å². The summed E-state index contributed by atoms with van der Waals surface area (Å²) in [7, 11) is 0. The van der Waals surface area contributed by atoms with E-state index in [1.807, 2.05) is 0 Å². The molecule has 7 heteroatoms. The lowest BCUT2D eigenvalue weighted by Gasteiger charge is -2.40. The molecule has 1 amide bonds. The zero-order chi connectivity index (χ0) is 15.6. The van der Waals surface area contributed by atoms with E-state index in [1.54, 1.807) is 0 Å². The van der Waals surface area contributed by atoms with Crippen LogP contribution in [0, 0.1) is 17.8 Å². The highest BCUT2D eigenvalue weighted by Gasteiger charge is 2.44. The Morgan fingerprint density at radius 2 is 1.57 bits per heavy atom. The molecule has 1 N–H and O–H groups in total. The van der Waals surface area contributed by atoms with Gasteiger partial charge in [0, 0.05) is 13.1 Å². The summed E-state index contributed by atoms with van der Waals surface area (Å²) in [6, 6.07) is 0. The monoisotopic (exact) mass is 307 g/mol. The number of carboxylic acid groups (broad SMARTS) is 1. The SMILES string of the molecule is O=C(O)C1CCCCC1C1CCN(C(=O)C(F)(F)F)CC1. The van der Waals surface area contributed by atoms with E-state index in [-0.39, 0.29) is 30.8 Å². The highest BCUT2D eigenvalue weighted by molar-refractivity contribution is 5.81. The number of piperidine rings is 1. The van der Waals surface area contributed by atoms with Crippen LogP contribution in [0.25, 0.3) is 0 Å². The number of alkyl halides is 3. The second kappa shape index (κ2) is 6.23. The summed E-state index contributed by atoms with van der Waals surface area (Å²) in [6.45, 7) is 0.150. The van der Waals surface area contributed by atoms with E-state index in [2.05, 4.69) is 0 Å². The van der Waals surface area contributed by atoms with Gasteiger partial charge in [0.15, 0.2) is 0 Å². The van der Waals surface area contributed by atoms with E-state index in [1.165, 1.54) is 0 Å². The van der Waals surface area contributed by atoms with Gasteiger partial charge in [0.2, 0.25) is 0 Å². The van der Waals surface area contributed by atoms with E-state index in [4.69, 9.17) is 0 Å². The van der Waals surface area contributed by atoms with E-state index in [0.29, 0.717) is 19.3 Å². The first-order valence-electron chi connectivity index (χ1n) is 7.39. The fourth-order valence-electron chi connectivity index (χ4n) is 3.74. The van der Waals surface area contributed by atoms with Crippen molar-refractivity contribution in [2.75, 3.05) is 13.1 Å². The van der Waals surface area contributed by atoms with Gasteiger partial charge in [-0.15, -0.1) is 0 Å². The Balaban J connectivity index is 1.94. The molecule has 0 aromatic heterocycles. The maximum Gasteiger partial charge on any atom is 0.471 e. The van der Waals surface area contributed by atoms with Gasteiger partial charge in [0.25, 0.3) is 0 Å². The molecule has 2 rings (SSSR count). The highest BCUT2D eigenvalue weighted by Crippen LogP contribution is 2.40. The molecule has 0 aromatic carbocycles. The van der Waals surface area contributed by atoms with E-state index < -0.39 is 18.1 Å². The molecule has 0 bridgehead atoms. The average molecular weight is 307 g/mol. The van der Waals surface area contributed by atoms with Gasteiger partial charge in [-0.1, -0.05) is 12.8 Å². The molecule has 2 atom stereocenters. The van der Waals surface area contributed by atoms with Gasteiger partial charge in [-0.25, -0.2) is 0 Å². The quantitative estimate of drug-likeness (QED) is 0.853. The lowest BCUT2D eigenvalue weighted by Crippen LogP contribution is -2.47. The van der Waals surface area contributed by atoms with Crippen LogP contribution in [0.3, 0.4) is 0 Å². The molecule has 0 radical (unpaired) electrons. The van der Waals surface area contributed by atoms with E-state index >= 15 is 0 Å². The van der Waals surface area contributed by atoms with Crippen molar-refractivity contribution in [1.29, 1.82) is 0 Å². The third-order valence-electron chi connectivity index (χ3n) is 4.81. The number of hydrogen-bond donors (Lipinski definition) is 1. The summed E-state index contributed by atoms with van der Waals surface area (Å²) in [6.07, 6.45) is -0.515. The van der Waals surface area contributed by atoms with Gasteiger partial charge in [-0.3, -0.25) is 9.59 Å². The zero-order valence-corrected chi connectivity index (χ0v) is 11.7. The second-order valence-electron chi connectivity index (χ2n) is 6.02. The highest BCUT2D eigenvalue weighted by atomic mass is 19.4. The molecule has 2 unspecified atom stereocenters. The molecule has 1 aliphatic carbocycles.